The Morgan fingerprint density at radius 2 is 2.44 bits per heavy atom. The number of anilines is 1. The van der Waals surface area contributed by atoms with E-state index in [-0.39, 0.29) is 0 Å². The second-order valence-electron chi connectivity index (χ2n) is 4.01. The zero-order valence-corrected chi connectivity index (χ0v) is 10.3. The molecule has 4 heteroatoms. The van der Waals surface area contributed by atoms with E-state index in [1.807, 2.05) is 18.2 Å². The molecule has 1 aliphatic rings. The maximum atomic E-state index is 5.93. The van der Waals surface area contributed by atoms with Gasteiger partial charge in [-0.3, -0.25) is 0 Å². The molecule has 1 aromatic carbocycles. The highest BCUT2D eigenvalue weighted by molar-refractivity contribution is 7.99. The molecule has 0 amide bonds. The maximum Gasteiger partial charge on any atom is 0.120 e. The summed E-state index contributed by atoms with van der Waals surface area (Å²) in [6.45, 7) is 1.15. The van der Waals surface area contributed by atoms with Crippen LogP contribution in [-0.2, 0) is 0 Å². The molecule has 0 bridgehead atoms. The van der Waals surface area contributed by atoms with Crippen LogP contribution >= 0.6 is 11.8 Å². The molecule has 88 valence electrons. The van der Waals surface area contributed by atoms with Crippen LogP contribution in [0.15, 0.2) is 23.1 Å². The minimum Gasteiger partial charge on any atom is -0.497 e. The van der Waals surface area contributed by atoms with Gasteiger partial charge in [-0.25, -0.2) is 0 Å². The Hall–Kier alpha value is -0.870. The molecule has 0 unspecified atom stereocenters. The van der Waals surface area contributed by atoms with Gasteiger partial charge in [-0.15, -0.1) is 11.8 Å². The molecule has 1 fully saturated rings. The normalized spacial score (nSPS) is 19.9. The van der Waals surface area contributed by atoms with Crippen molar-refractivity contribution in [1.29, 1.82) is 0 Å². The Labute approximate surface area is 101 Å². The number of hydrogen-bond donors (Lipinski definition) is 2. The first-order valence-corrected chi connectivity index (χ1v) is 6.58. The minimum atomic E-state index is 0.635. The maximum absolute atomic E-state index is 5.93. The smallest absolute Gasteiger partial charge is 0.120 e. The fourth-order valence-electron chi connectivity index (χ4n) is 1.86. The van der Waals surface area contributed by atoms with E-state index >= 15 is 0 Å². The lowest BCUT2D eigenvalue weighted by molar-refractivity contribution is 0.414. The van der Waals surface area contributed by atoms with Gasteiger partial charge in [0.25, 0.3) is 0 Å². The van der Waals surface area contributed by atoms with E-state index in [0.717, 1.165) is 28.6 Å². The average Bonchev–Trinajstić information content (AvgIpc) is 2.81. The summed E-state index contributed by atoms with van der Waals surface area (Å²) in [7, 11) is 1.68. The predicted molar refractivity (Wildman–Crippen MR) is 69.2 cm³/mol. The monoisotopic (exact) mass is 238 g/mol. The minimum absolute atomic E-state index is 0.635. The number of hydrogen-bond acceptors (Lipinski definition) is 4. The molecule has 0 aliphatic carbocycles. The van der Waals surface area contributed by atoms with Gasteiger partial charge < -0.3 is 15.8 Å². The molecule has 1 aromatic rings. The zero-order valence-electron chi connectivity index (χ0n) is 9.53. The van der Waals surface area contributed by atoms with Gasteiger partial charge >= 0.3 is 0 Å². The van der Waals surface area contributed by atoms with Gasteiger partial charge in [0.15, 0.2) is 0 Å². The second-order valence-corrected chi connectivity index (χ2v) is 5.07. The topological polar surface area (TPSA) is 47.3 Å². The van der Waals surface area contributed by atoms with Crippen molar-refractivity contribution < 1.29 is 4.74 Å². The first-order chi connectivity index (χ1) is 7.79. The number of nitrogens with one attached hydrogen (secondary N) is 1. The molecule has 2 rings (SSSR count). The van der Waals surface area contributed by atoms with Crippen molar-refractivity contribution in [3.63, 3.8) is 0 Å². The number of nitrogens with two attached hydrogens (primary N) is 1. The van der Waals surface area contributed by atoms with Crippen molar-refractivity contribution in [2.75, 3.05) is 25.1 Å². The summed E-state index contributed by atoms with van der Waals surface area (Å²) in [6.07, 6.45) is 2.57. The van der Waals surface area contributed by atoms with Gasteiger partial charge in [0, 0.05) is 22.4 Å². The van der Waals surface area contributed by atoms with Gasteiger partial charge in [-0.05, 0) is 37.6 Å². The molecule has 3 nitrogen and oxygen atoms in total. The summed E-state index contributed by atoms with van der Waals surface area (Å²) < 4.78 is 5.20. The van der Waals surface area contributed by atoms with Crippen LogP contribution in [0.5, 0.6) is 5.75 Å². The molecule has 16 heavy (non-hydrogen) atoms. The van der Waals surface area contributed by atoms with Crippen molar-refractivity contribution in [3.05, 3.63) is 18.2 Å². The predicted octanol–water partition coefficient (Wildman–Crippen LogP) is 2.12. The number of thioether (sulfide) groups is 1. The Kier molecular flexibility index (Phi) is 3.96. The lowest BCUT2D eigenvalue weighted by Crippen LogP contribution is -2.23. The SMILES string of the molecule is COc1ccc(N)c(SC[C@@H]2CCCN2)c1. The number of benzene rings is 1. The Morgan fingerprint density at radius 1 is 1.56 bits per heavy atom. The quantitative estimate of drug-likeness (QED) is 0.623. The summed E-state index contributed by atoms with van der Waals surface area (Å²) in [5, 5.41) is 3.48. The van der Waals surface area contributed by atoms with E-state index < -0.39 is 0 Å². The zero-order chi connectivity index (χ0) is 11.4. The van der Waals surface area contributed by atoms with E-state index in [1.165, 1.54) is 12.8 Å². The lowest BCUT2D eigenvalue weighted by atomic mass is 10.3. The molecular weight excluding hydrogens is 220 g/mol. The molecule has 3 N–H and O–H groups in total. The third-order valence-electron chi connectivity index (χ3n) is 2.82. The molecule has 1 saturated heterocycles. The van der Waals surface area contributed by atoms with E-state index in [1.54, 1.807) is 18.9 Å². The summed E-state index contributed by atoms with van der Waals surface area (Å²) in [5.41, 5.74) is 6.77. The molecule has 0 spiro atoms. The van der Waals surface area contributed by atoms with Crippen LogP contribution in [0, 0.1) is 0 Å². The van der Waals surface area contributed by atoms with Crippen molar-refractivity contribution in [1.82, 2.24) is 5.32 Å². The van der Waals surface area contributed by atoms with Crippen molar-refractivity contribution in [3.8, 4) is 5.75 Å². The highest BCUT2D eigenvalue weighted by Crippen LogP contribution is 2.30. The molecule has 0 saturated carbocycles. The van der Waals surface area contributed by atoms with Crippen LogP contribution in [0.3, 0.4) is 0 Å². The van der Waals surface area contributed by atoms with Crippen LogP contribution in [0.25, 0.3) is 0 Å². The number of ether oxygens (including phenoxy) is 1. The van der Waals surface area contributed by atoms with Crippen LogP contribution in [0.2, 0.25) is 0 Å². The highest BCUT2D eigenvalue weighted by atomic mass is 32.2. The van der Waals surface area contributed by atoms with Crippen LogP contribution in [-0.4, -0.2) is 25.4 Å². The largest absolute Gasteiger partial charge is 0.497 e. The Balaban J connectivity index is 1.96. The van der Waals surface area contributed by atoms with Gasteiger partial charge in [0.05, 0.1) is 7.11 Å². The highest BCUT2D eigenvalue weighted by Gasteiger charge is 2.14. The Morgan fingerprint density at radius 3 is 3.12 bits per heavy atom. The molecule has 0 aromatic heterocycles. The fraction of sp³-hybridized carbons (Fsp3) is 0.500. The summed E-state index contributed by atoms with van der Waals surface area (Å²) in [4.78, 5) is 1.12. The first-order valence-electron chi connectivity index (χ1n) is 5.59. The number of nitrogen functional groups attached to an aromatic ring is 1. The number of rotatable bonds is 4. The lowest BCUT2D eigenvalue weighted by Gasteiger charge is -2.11. The van der Waals surface area contributed by atoms with Gasteiger partial charge in [-0.2, -0.15) is 0 Å². The molecular formula is C12H18N2OS. The van der Waals surface area contributed by atoms with Crippen LogP contribution < -0.4 is 15.8 Å². The molecule has 1 atom stereocenters. The van der Waals surface area contributed by atoms with Crippen molar-refractivity contribution >= 4 is 17.4 Å². The Bertz CT molecular complexity index is 351. The third-order valence-corrected chi connectivity index (χ3v) is 4.06. The van der Waals surface area contributed by atoms with E-state index in [9.17, 15) is 0 Å². The van der Waals surface area contributed by atoms with Gasteiger partial charge in [0.2, 0.25) is 0 Å². The van der Waals surface area contributed by atoms with Crippen molar-refractivity contribution in [2.24, 2.45) is 0 Å². The van der Waals surface area contributed by atoms with E-state index in [4.69, 9.17) is 10.5 Å². The second kappa shape index (κ2) is 5.46. The molecule has 1 heterocycles. The van der Waals surface area contributed by atoms with E-state index in [2.05, 4.69) is 5.32 Å². The van der Waals surface area contributed by atoms with Crippen LogP contribution in [0.4, 0.5) is 5.69 Å². The molecule has 0 radical (unpaired) electrons. The average molecular weight is 238 g/mol. The third kappa shape index (κ3) is 2.83. The first kappa shape index (κ1) is 11.6. The number of methoxy groups -OCH3 is 1. The summed E-state index contributed by atoms with van der Waals surface area (Å²) in [5.74, 6) is 1.95. The standard InChI is InChI=1S/C12H18N2OS/c1-15-10-4-5-11(13)12(7-10)16-8-9-3-2-6-14-9/h4-5,7,9,14H,2-3,6,8,13H2,1H3/t9-/m0/s1. The van der Waals surface area contributed by atoms with Gasteiger partial charge in [-0.1, -0.05) is 0 Å². The van der Waals surface area contributed by atoms with Crippen molar-refractivity contribution in [2.45, 2.75) is 23.8 Å². The summed E-state index contributed by atoms with van der Waals surface area (Å²) in [6, 6.07) is 6.45. The summed E-state index contributed by atoms with van der Waals surface area (Å²) >= 11 is 1.81. The molecule has 1 aliphatic heterocycles. The van der Waals surface area contributed by atoms with Gasteiger partial charge in [0.1, 0.15) is 5.75 Å². The van der Waals surface area contributed by atoms with Crippen LogP contribution in [0.1, 0.15) is 12.8 Å². The van der Waals surface area contributed by atoms with E-state index in [0.29, 0.717) is 6.04 Å². The fourth-order valence-corrected chi connectivity index (χ4v) is 2.96.